The van der Waals surface area contributed by atoms with Gasteiger partial charge in [0.15, 0.2) is 0 Å². The lowest BCUT2D eigenvalue weighted by atomic mass is 9.95. The molecule has 4 heteroatoms. The Kier molecular flexibility index (Phi) is 5.80. The first-order valence-electron chi connectivity index (χ1n) is 6.52. The molecule has 0 aliphatic carbocycles. The molecule has 2 N–H and O–H groups in total. The number of aliphatic hydroxyl groups is 1. The van der Waals surface area contributed by atoms with Crippen molar-refractivity contribution in [2.24, 2.45) is 5.92 Å². The summed E-state index contributed by atoms with van der Waals surface area (Å²) in [6, 6.07) is 0. The molecule has 3 nitrogen and oxygen atoms in total. The van der Waals surface area contributed by atoms with Crippen molar-refractivity contribution < 1.29 is 9.90 Å². The summed E-state index contributed by atoms with van der Waals surface area (Å²) in [5.41, 5.74) is -0.775. The van der Waals surface area contributed by atoms with Crippen LogP contribution in [-0.2, 0) is 4.79 Å². The molecule has 0 radical (unpaired) electrons. The summed E-state index contributed by atoms with van der Waals surface area (Å²) in [5.74, 6) is 1.77. The molecule has 1 saturated heterocycles. The standard InChI is InChI=1S/C13H25NO2S/c1-10(2)6-7-13(3,16)9-14-12(15)11-5-4-8-17-11/h10-11,16H,4-9H2,1-3H3,(H,14,15). The Labute approximate surface area is 109 Å². The maximum absolute atomic E-state index is 11.8. The first-order valence-corrected chi connectivity index (χ1v) is 7.57. The summed E-state index contributed by atoms with van der Waals surface area (Å²) >= 11 is 1.73. The predicted molar refractivity (Wildman–Crippen MR) is 73.2 cm³/mol. The maximum Gasteiger partial charge on any atom is 0.233 e. The van der Waals surface area contributed by atoms with E-state index in [-0.39, 0.29) is 11.2 Å². The van der Waals surface area contributed by atoms with Crippen LogP contribution in [0.25, 0.3) is 0 Å². The second kappa shape index (κ2) is 6.64. The lowest BCUT2D eigenvalue weighted by Crippen LogP contribution is -2.43. The van der Waals surface area contributed by atoms with Gasteiger partial charge in [-0.2, -0.15) is 0 Å². The van der Waals surface area contributed by atoms with E-state index in [9.17, 15) is 9.90 Å². The van der Waals surface area contributed by atoms with Gasteiger partial charge in [-0.05, 0) is 44.3 Å². The van der Waals surface area contributed by atoms with Crippen molar-refractivity contribution in [1.82, 2.24) is 5.32 Å². The van der Waals surface area contributed by atoms with Gasteiger partial charge in [0.1, 0.15) is 0 Å². The minimum absolute atomic E-state index is 0.0947. The number of carbonyl (C=O) groups excluding carboxylic acids is 1. The number of nitrogens with one attached hydrogen (secondary N) is 1. The van der Waals surface area contributed by atoms with Crippen LogP contribution in [0, 0.1) is 5.92 Å². The normalized spacial score (nSPS) is 23.7. The topological polar surface area (TPSA) is 49.3 Å². The van der Waals surface area contributed by atoms with E-state index in [4.69, 9.17) is 0 Å². The average molecular weight is 259 g/mol. The average Bonchev–Trinajstić information content (AvgIpc) is 2.77. The number of rotatable bonds is 6. The number of carbonyl (C=O) groups is 1. The van der Waals surface area contributed by atoms with Gasteiger partial charge in [-0.1, -0.05) is 13.8 Å². The van der Waals surface area contributed by atoms with E-state index in [2.05, 4.69) is 19.2 Å². The Bertz CT molecular complexity index is 248. The number of thioether (sulfide) groups is 1. The summed E-state index contributed by atoms with van der Waals surface area (Å²) in [4.78, 5) is 11.8. The monoisotopic (exact) mass is 259 g/mol. The first kappa shape index (κ1) is 14.8. The van der Waals surface area contributed by atoms with Gasteiger partial charge in [0.25, 0.3) is 0 Å². The van der Waals surface area contributed by atoms with Gasteiger partial charge in [0.2, 0.25) is 5.91 Å². The van der Waals surface area contributed by atoms with Gasteiger partial charge in [-0.15, -0.1) is 11.8 Å². The molecule has 1 aliphatic heterocycles. The van der Waals surface area contributed by atoms with Crippen LogP contribution in [0.1, 0.15) is 46.5 Å². The highest BCUT2D eigenvalue weighted by atomic mass is 32.2. The highest BCUT2D eigenvalue weighted by Gasteiger charge is 2.26. The number of hydrogen-bond acceptors (Lipinski definition) is 3. The van der Waals surface area contributed by atoms with E-state index in [1.165, 1.54) is 0 Å². The summed E-state index contributed by atoms with van der Waals surface area (Å²) in [7, 11) is 0. The molecule has 0 aromatic carbocycles. The fourth-order valence-electron chi connectivity index (χ4n) is 1.86. The minimum atomic E-state index is -0.775. The molecule has 0 aromatic heterocycles. The van der Waals surface area contributed by atoms with Crippen molar-refractivity contribution in [3.63, 3.8) is 0 Å². The number of hydrogen-bond donors (Lipinski definition) is 2. The van der Waals surface area contributed by atoms with E-state index in [0.29, 0.717) is 12.5 Å². The van der Waals surface area contributed by atoms with Gasteiger partial charge in [-0.25, -0.2) is 0 Å². The van der Waals surface area contributed by atoms with Gasteiger partial charge in [0, 0.05) is 6.54 Å². The Morgan fingerprint density at radius 3 is 2.82 bits per heavy atom. The molecule has 100 valence electrons. The summed E-state index contributed by atoms with van der Waals surface area (Å²) < 4.78 is 0. The highest BCUT2D eigenvalue weighted by molar-refractivity contribution is 8.00. The Balaban J connectivity index is 2.25. The SMILES string of the molecule is CC(C)CCC(C)(O)CNC(=O)C1CCCS1. The smallest absolute Gasteiger partial charge is 0.233 e. The van der Waals surface area contributed by atoms with Crippen molar-refractivity contribution in [1.29, 1.82) is 0 Å². The van der Waals surface area contributed by atoms with E-state index >= 15 is 0 Å². The lowest BCUT2D eigenvalue weighted by Gasteiger charge is -2.25. The van der Waals surface area contributed by atoms with Crippen LogP contribution in [0.4, 0.5) is 0 Å². The van der Waals surface area contributed by atoms with Gasteiger partial charge in [0.05, 0.1) is 10.9 Å². The minimum Gasteiger partial charge on any atom is -0.388 e. The van der Waals surface area contributed by atoms with Crippen molar-refractivity contribution in [3.05, 3.63) is 0 Å². The zero-order valence-electron chi connectivity index (χ0n) is 11.2. The largest absolute Gasteiger partial charge is 0.388 e. The number of amides is 1. The van der Waals surface area contributed by atoms with Crippen molar-refractivity contribution in [3.8, 4) is 0 Å². The molecule has 2 unspecified atom stereocenters. The van der Waals surface area contributed by atoms with Gasteiger partial charge < -0.3 is 10.4 Å². The fourth-order valence-corrected chi connectivity index (χ4v) is 3.05. The van der Waals surface area contributed by atoms with Crippen molar-refractivity contribution in [2.75, 3.05) is 12.3 Å². The molecule has 0 saturated carbocycles. The predicted octanol–water partition coefficient (Wildman–Crippen LogP) is 2.19. The third kappa shape index (κ3) is 5.77. The molecule has 1 fully saturated rings. The van der Waals surface area contributed by atoms with Crippen molar-refractivity contribution in [2.45, 2.75) is 57.3 Å². The summed E-state index contributed by atoms with van der Waals surface area (Å²) in [6.45, 7) is 6.46. The van der Waals surface area contributed by atoms with Crippen LogP contribution in [-0.4, -0.2) is 34.2 Å². The van der Waals surface area contributed by atoms with E-state index < -0.39 is 5.60 Å². The maximum atomic E-state index is 11.8. The van der Waals surface area contributed by atoms with E-state index in [0.717, 1.165) is 31.4 Å². The Morgan fingerprint density at radius 1 is 1.59 bits per heavy atom. The van der Waals surface area contributed by atoms with Crippen LogP contribution in [0.5, 0.6) is 0 Å². The van der Waals surface area contributed by atoms with Crippen LogP contribution >= 0.6 is 11.8 Å². The Hall–Kier alpha value is -0.220. The van der Waals surface area contributed by atoms with Gasteiger partial charge >= 0.3 is 0 Å². The zero-order valence-corrected chi connectivity index (χ0v) is 12.0. The second-order valence-corrected chi connectivity index (χ2v) is 6.96. The molecular formula is C13H25NO2S. The highest BCUT2D eigenvalue weighted by Crippen LogP contribution is 2.26. The molecule has 1 heterocycles. The molecular weight excluding hydrogens is 234 g/mol. The fraction of sp³-hybridized carbons (Fsp3) is 0.923. The van der Waals surface area contributed by atoms with Crippen LogP contribution in [0.3, 0.4) is 0 Å². The molecule has 1 rings (SSSR count). The zero-order chi connectivity index (χ0) is 12.9. The van der Waals surface area contributed by atoms with Crippen LogP contribution < -0.4 is 5.32 Å². The second-order valence-electron chi connectivity index (χ2n) is 5.65. The molecule has 0 spiro atoms. The third-order valence-corrected chi connectivity index (χ3v) is 4.50. The lowest BCUT2D eigenvalue weighted by molar-refractivity contribution is -0.121. The van der Waals surface area contributed by atoms with Crippen LogP contribution in [0.2, 0.25) is 0 Å². The molecule has 0 bridgehead atoms. The molecule has 2 atom stereocenters. The molecule has 0 aromatic rings. The molecule has 1 amide bonds. The summed E-state index contributed by atoms with van der Waals surface area (Å²) in [6.07, 6.45) is 3.83. The first-order chi connectivity index (χ1) is 7.91. The quantitative estimate of drug-likeness (QED) is 0.769. The van der Waals surface area contributed by atoms with Crippen molar-refractivity contribution >= 4 is 17.7 Å². The summed E-state index contributed by atoms with van der Waals surface area (Å²) in [5, 5.41) is 13.1. The Morgan fingerprint density at radius 2 is 2.29 bits per heavy atom. The van der Waals surface area contributed by atoms with E-state index in [1.807, 2.05) is 0 Å². The van der Waals surface area contributed by atoms with Gasteiger partial charge in [-0.3, -0.25) is 4.79 Å². The molecule has 17 heavy (non-hydrogen) atoms. The van der Waals surface area contributed by atoms with E-state index in [1.54, 1.807) is 18.7 Å². The molecule has 1 aliphatic rings. The van der Waals surface area contributed by atoms with Crippen LogP contribution in [0.15, 0.2) is 0 Å². The third-order valence-electron chi connectivity index (χ3n) is 3.13.